The number of carboxylic acid groups (broad SMARTS) is 1. The molecule has 2 aromatic carbocycles. The molecule has 0 saturated heterocycles. The number of hydrogen-bond donors (Lipinski definition) is 2. The minimum absolute atomic E-state index is 0.0107. The fourth-order valence-electron chi connectivity index (χ4n) is 2.14. The van der Waals surface area contributed by atoms with Crippen LogP contribution in [0.4, 0.5) is 0 Å². The summed E-state index contributed by atoms with van der Waals surface area (Å²) in [4.78, 5) is 13.2. The molecule has 3 aromatic rings. The Balaban J connectivity index is 1.79. The summed E-state index contributed by atoms with van der Waals surface area (Å²) in [5.41, 5.74) is 2.17. The number of H-pyrrole nitrogens is 1. The first-order chi connectivity index (χ1) is 11.5. The van der Waals surface area contributed by atoms with Crippen molar-refractivity contribution in [2.75, 3.05) is 6.26 Å². The average Bonchev–Trinajstić information content (AvgIpc) is 3.04. The summed E-state index contributed by atoms with van der Waals surface area (Å²) < 4.78 is 0. The van der Waals surface area contributed by atoms with Crippen LogP contribution in [-0.4, -0.2) is 38.6 Å². The zero-order valence-corrected chi connectivity index (χ0v) is 14.5. The number of aromatic carboxylic acids is 1. The fourth-order valence-corrected chi connectivity index (χ4v) is 3.55. The highest BCUT2D eigenvalue weighted by molar-refractivity contribution is 8.13. The third kappa shape index (κ3) is 3.58. The van der Waals surface area contributed by atoms with Crippen molar-refractivity contribution in [3.05, 3.63) is 54.2 Å². The molecule has 0 bridgehead atoms. The second-order valence-electron chi connectivity index (χ2n) is 5.07. The van der Waals surface area contributed by atoms with E-state index in [9.17, 15) is 4.79 Å². The lowest BCUT2D eigenvalue weighted by Gasteiger charge is -2.06. The van der Waals surface area contributed by atoms with Crippen LogP contribution in [-0.2, 0) is 0 Å². The summed E-state index contributed by atoms with van der Waals surface area (Å²) in [5, 5.41) is 19.3. The minimum Gasteiger partial charge on any atom is -0.476 e. The smallest absolute Gasteiger partial charge is 0.359 e. The van der Waals surface area contributed by atoms with E-state index >= 15 is 0 Å². The Hall–Kier alpha value is -2.38. The molecule has 0 radical (unpaired) electrons. The molecular weight excluding hydrogens is 342 g/mol. The second-order valence-corrected chi connectivity index (χ2v) is 7.88. The van der Waals surface area contributed by atoms with Crippen LogP contribution in [0.25, 0.3) is 11.1 Å². The molecule has 1 atom stereocenters. The number of hydrogen-bond acceptors (Lipinski definition) is 4. The van der Waals surface area contributed by atoms with Gasteiger partial charge in [-0.05, 0) is 41.6 Å². The molecule has 24 heavy (non-hydrogen) atoms. The van der Waals surface area contributed by atoms with E-state index in [0.29, 0.717) is 5.03 Å². The van der Waals surface area contributed by atoms with Gasteiger partial charge < -0.3 is 5.11 Å². The predicted molar refractivity (Wildman–Crippen MR) is 98.2 cm³/mol. The maximum atomic E-state index is 11.0. The van der Waals surface area contributed by atoms with Crippen molar-refractivity contribution in [2.24, 2.45) is 0 Å². The van der Waals surface area contributed by atoms with Gasteiger partial charge in [-0.2, -0.15) is 15.7 Å². The summed E-state index contributed by atoms with van der Waals surface area (Å²) in [5.74, 6) is 2.95. The second kappa shape index (κ2) is 7.02. The molecule has 5 nitrogen and oxygen atoms in total. The first-order valence-corrected chi connectivity index (χ1v) is 9.64. The van der Waals surface area contributed by atoms with Gasteiger partial charge in [-0.3, -0.25) is 0 Å². The van der Waals surface area contributed by atoms with E-state index in [4.69, 9.17) is 5.11 Å². The van der Waals surface area contributed by atoms with Gasteiger partial charge in [-0.1, -0.05) is 41.9 Å². The standard InChI is InChI=1S/C17H15N3O2S2/c1-24(2)14-9-5-12(6-10-14)11-3-7-13(8-4-11)23-16-15(17(21)22)18-20-19-16/h3-10H,1H2,2H3,(H,21,22)(H,18,19,20). The molecule has 1 aromatic heterocycles. The summed E-state index contributed by atoms with van der Waals surface area (Å²) in [6.07, 6.45) is 2.09. The van der Waals surface area contributed by atoms with Gasteiger partial charge in [0.2, 0.25) is 5.69 Å². The van der Waals surface area contributed by atoms with Crippen LogP contribution in [0.3, 0.4) is 0 Å². The molecule has 122 valence electrons. The van der Waals surface area contributed by atoms with Crippen molar-refractivity contribution in [1.29, 1.82) is 0 Å². The Morgan fingerprint density at radius 1 is 1.08 bits per heavy atom. The number of carboxylic acids is 1. The molecule has 2 N–H and O–H groups in total. The van der Waals surface area contributed by atoms with Gasteiger partial charge in [0.15, 0.2) is 5.03 Å². The van der Waals surface area contributed by atoms with Crippen molar-refractivity contribution < 1.29 is 9.90 Å². The normalized spacial score (nSPS) is 12.0. The van der Waals surface area contributed by atoms with E-state index in [-0.39, 0.29) is 16.2 Å². The zero-order valence-electron chi connectivity index (χ0n) is 12.9. The highest BCUT2D eigenvalue weighted by atomic mass is 32.2. The number of aromatic nitrogens is 3. The number of rotatable bonds is 5. The highest BCUT2D eigenvalue weighted by Gasteiger charge is 2.16. The fraction of sp³-hybridized carbons (Fsp3) is 0.0588. The predicted octanol–water partition coefficient (Wildman–Crippen LogP) is 4.01. The summed E-state index contributed by atoms with van der Waals surface area (Å²) in [7, 11) is 0.0107. The monoisotopic (exact) mass is 357 g/mol. The highest BCUT2D eigenvalue weighted by Crippen LogP contribution is 2.31. The zero-order chi connectivity index (χ0) is 17.1. The maximum absolute atomic E-state index is 11.0. The number of aromatic amines is 1. The lowest BCUT2D eigenvalue weighted by Crippen LogP contribution is -1.98. The van der Waals surface area contributed by atoms with Crippen molar-refractivity contribution in [2.45, 2.75) is 14.8 Å². The first kappa shape index (κ1) is 16.5. The Bertz CT molecular complexity index is 887. The van der Waals surface area contributed by atoms with Crippen LogP contribution in [0.2, 0.25) is 0 Å². The van der Waals surface area contributed by atoms with Crippen molar-refractivity contribution in [1.82, 2.24) is 15.4 Å². The van der Waals surface area contributed by atoms with E-state index in [1.165, 1.54) is 16.7 Å². The molecular formula is C17H15N3O2S2. The van der Waals surface area contributed by atoms with Crippen LogP contribution in [0.1, 0.15) is 10.5 Å². The van der Waals surface area contributed by atoms with E-state index in [1.54, 1.807) is 0 Å². The van der Waals surface area contributed by atoms with Crippen LogP contribution in [0.5, 0.6) is 0 Å². The molecule has 7 heteroatoms. The number of benzene rings is 2. The van der Waals surface area contributed by atoms with Gasteiger partial charge >= 0.3 is 5.97 Å². The molecule has 1 unspecified atom stereocenters. The van der Waals surface area contributed by atoms with Crippen LogP contribution in [0.15, 0.2) is 63.3 Å². The SMILES string of the molecule is C=S(C)c1ccc(-c2ccc(Sc3n[nH]nc3C(=O)O)cc2)cc1. The Kier molecular flexibility index (Phi) is 4.82. The van der Waals surface area contributed by atoms with Crippen LogP contribution >= 0.6 is 22.2 Å². The van der Waals surface area contributed by atoms with Crippen molar-refractivity contribution in [3.8, 4) is 11.1 Å². The molecule has 0 aliphatic rings. The summed E-state index contributed by atoms with van der Waals surface area (Å²) in [6, 6.07) is 16.3. The van der Waals surface area contributed by atoms with Crippen molar-refractivity contribution >= 4 is 34.1 Å². The minimum atomic E-state index is -1.09. The van der Waals surface area contributed by atoms with Gasteiger partial charge in [-0.15, -0.1) is 10.2 Å². The number of nitrogens with one attached hydrogen (secondary N) is 1. The van der Waals surface area contributed by atoms with Gasteiger partial charge in [-0.25, -0.2) is 4.79 Å². The molecule has 1 heterocycles. The topological polar surface area (TPSA) is 78.9 Å². The Morgan fingerprint density at radius 3 is 2.21 bits per heavy atom. The number of nitrogens with zero attached hydrogens (tertiary/aromatic N) is 2. The first-order valence-electron chi connectivity index (χ1n) is 7.02. The Labute approximate surface area is 146 Å². The van der Waals surface area contributed by atoms with Gasteiger partial charge in [0, 0.05) is 9.79 Å². The summed E-state index contributed by atoms with van der Waals surface area (Å²) >= 11 is 1.27. The third-order valence-electron chi connectivity index (χ3n) is 3.38. The van der Waals surface area contributed by atoms with Crippen LogP contribution in [0, 0.1) is 0 Å². The van der Waals surface area contributed by atoms with E-state index < -0.39 is 5.97 Å². The molecule has 3 rings (SSSR count). The van der Waals surface area contributed by atoms with E-state index in [1.807, 2.05) is 24.3 Å². The van der Waals surface area contributed by atoms with Gasteiger partial charge in [0.25, 0.3) is 0 Å². The molecule has 0 saturated carbocycles. The third-order valence-corrected chi connectivity index (χ3v) is 5.44. The quantitative estimate of drug-likeness (QED) is 0.675. The molecule has 0 spiro atoms. The molecule has 0 aliphatic heterocycles. The molecule has 0 fully saturated rings. The van der Waals surface area contributed by atoms with Crippen molar-refractivity contribution in [3.63, 3.8) is 0 Å². The molecule has 0 aliphatic carbocycles. The Morgan fingerprint density at radius 2 is 1.67 bits per heavy atom. The lowest BCUT2D eigenvalue weighted by molar-refractivity contribution is 0.0686. The largest absolute Gasteiger partial charge is 0.476 e. The van der Waals surface area contributed by atoms with Gasteiger partial charge in [0.05, 0.1) is 0 Å². The summed E-state index contributed by atoms with van der Waals surface area (Å²) in [6.45, 7) is 0. The van der Waals surface area contributed by atoms with E-state index in [0.717, 1.165) is 16.0 Å². The van der Waals surface area contributed by atoms with E-state index in [2.05, 4.69) is 51.8 Å². The molecule has 0 amide bonds. The average molecular weight is 357 g/mol. The van der Waals surface area contributed by atoms with Gasteiger partial charge in [0.1, 0.15) is 0 Å². The van der Waals surface area contributed by atoms with Crippen LogP contribution < -0.4 is 0 Å². The maximum Gasteiger partial charge on any atom is 0.359 e. The lowest BCUT2D eigenvalue weighted by atomic mass is 10.1. The number of carbonyl (C=O) groups is 1.